The fourth-order valence-corrected chi connectivity index (χ4v) is 6.15. The number of anilines is 1. The van der Waals surface area contributed by atoms with Crippen molar-refractivity contribution in [2.24, 2.45) is 0 Å². The number of halogens is 1. The van der Waals surface area contributed by atoms with Gasteiger partial charge in [0.15, 0.2) is 0 Å². The number of benzene rings is 3. The smallest absolute Gasteiger partial charge is 0.313 e. The number of carboxylic acid groups (broad SMARTS) is 1. The van der Waals surface area contributed by atoms with Crippen LogP contribution in [0.3, 0.4) is 0 Å². The number of fused-ring (bicyclic) bond motifs is 1. The summed E-state index contributed by atoms with van der Waals surface area (Å²) in [6, 6.07) is 12.0. The minimum atomic E-state index is -4.15. The van der Waals surface area contributed by atoms with Gasteiger partial charge < -0.3 is 10.2 Å². The first kappa shape index (κ1) is 23.4. The van der Waals surface area contributed by atoms with E-state index in [1.807, 2.05) is 0 Å². The number of thioether (sulfide) groups is 1. The third-order valence-electron chi connectivity index (χ3n) is 5.86. The number of phenols is 1. The molecule has 6 nitrogen and oxygen atoms in total. The molecule has 0 saturated heterocycles. The van der Waals surface area contributed by atoms with Crippen LogP contribution < -0.4 is 4.72 Å². The number of carbonyl (C=O) groups is 1. The third kappa shape index (κ3) is 5.25. The topological polar surface area (TPSA) is 104 Å². The van der Waals surface area contributed by atoms with Crippen LogP contribution in [-0.4, -0.2) is 30.4 Å². The number of aromatic hydroxyl groups is 1. The summed E-state index contributed by atoms with van der Waals surface area (Å²) in [6.45, 7) is 0. The zero-order valence-corrected chi connectivity index (χ0v) is 19.4. The van der Waals surface area contributed by atoms with Crippen LogP contribution in [0.25, 0.3) is 10.8 Å². The van der Waals surface area contributed by atoms with Gasteiger partial charge in [0.05, 0.1) is 21.2 Å². The summed E-state index contributed by atoms with van der Waals surface area (Å²) < 4.78 is 43.4. The minimum absolute atomic E-state index is 0.120. The lowest BCUT2D eigenvalue weighted by molar-refractivity contribution is -0.133. The Morgan fingerprint density at radius 2 is 1.76 bits per heavy atom. The molecule has 33 heavy (non-hydrogen) atoms. The maximum Gasteiger partial charge on any atom is 0.313 e. The normalized spacial score (nSPS) is 14.9. The highest BCUT2D eigenvalue weighted by Gasteiger charge is 2.23. The highest BCUT2D eigenvalue weighted by atomic mass is 32.2. The molecule has 4 rings (SSSR count). The molecule has 1 aliphatic carbocycles. The van der Waals surface area contributed by atoms with Gasteiger partial charge in [0.25, 0.3) is 10.0 Å². The summed E-state index contributed by atoms with van der Waals surface area (Å²) in [6.07, 6.45) is 5.02. The fraction of sp³-hybridized carbons (Fsp3) is 0.292. The summed E-state index contributed by atoms with van der Waals surface area (Å²) in [5.41, 5.74) is 0.864. The molecule has 3 aromatic carbocycles. The molecule has 3 N–H and O–H groups in total. The molecule has 0 amide bonds. The number of sulfonamides is 1. The third-order valence-corrected chi connectivity index (χ3v) is 8.22. The van der Waals surface area contributed by atoms with Crippen molar-refractivity contribution in [2.45, 2.75) is 47.8 Å². The Bertz CT molecular complexity index is 1300. The quantitative estimate of drug-likeness (QED) is 0.290. The SMILES string of the molecule is O=C(O)CSc1cc(NS(=O)(=O)c2cc(F)cc(C3CCCCC3)c2)c2ccccc2c1O. The lowest BCUT2D eigenvalue weighted by Crippen LogP contribution is -2.15. The van der Waals surface area contributed by atoms with E-state index < -0.39 is 21.8 Å². The van der Waals surface area contributed by atoms with Crippen molar-refractivity contribution in [3.8, 4) is 5.75 Å². The van der Waals surface area contributed by atoms with Crippen LogP contribution in [0.2, 0.25) is 0 Å². The van der Waals surface area contributed by atoms with Crippen molar-refractivity contribution in [3.63, 3.8) is 0 Å². The Labute approximate surface area is 195 Å². The molecule has 0 heterocycles. The van der Waals surface area contributed by atoms with Crippen LogP contribution in [0, 0.1) is 5.82 Å². The Kier molecular flexibility index (Phi) is 6.81. The van der Waals surface area contributed by atoms with E-state index in [9.17, 15) is 22.7 Å². The number of nitrogens with one attached hydrogen (secondary N) is 1. The minimum Gasteiger partial charge on any atom is -0.506 e. The number of rotatable bonds is 7. The molecule has 0 aliphatic heterocycles. The van der Waals surface area contributed by atoms with Gasteiger partial charge >= 0.3 is 5.97 Å². The van der Waals surface area contributed by atoms with Gasteiger partial charge in [-0.05, 0) is 48.6 Å². The van der Waals surface area contributed by atoms with Crippen molar-refractivity contribution < 1.29 is 27.8 Å². The van der Waals surface area contributed by atoms with Crippen LogP contribution in [0.15, 0.2) is 58.3 Å². The van der Waals surface area contributed by atoms with E-state index in [0.29, 0.717) is 16.3 Å². The van der Waals surface area contributed by atoms with Gasteiger partial charge in [-0.1, -0.05) is 43.5 Å². The Morgan fingerprint density at radius 3 is 2.45 bits per heavy atom. The molecule has 0 unspecified atom stereocenters. The number of phenolic OH excluding ortho intramolecular Hbond substituents is 1. The molecule has 0 aromatic heterocycles. The van der Waals surface area contributed by atoms with E-state index in [0.717, 1.165) is 49.9 Å². The first-order valence-corrected chi connectivity index (χ1v) is 13.1. The van der Waals surface area contributed by atoms with Crippen molar-refractivity contribution in [2.75, 3.05) is 10.5 Å². The summed E-state index contributed by atoms with van der Waals surface area (Å²) in [5.74, 6) is -1.95. The standard InChI is InChI=1S/C24H24FNO5S2/c25-17-10-16(15-6-2-1-3-7-15)11-18(12-17)33(30,31)26-21-13-22(32-14-23(27)28)24(29)20-9-5-4-8-19(20)21/h4-5,8-13,15,26,29H,1-3,6-7,14H2,(H,27,28). The average Bonchev–Trinajstić information content (AvgIpc) is 2.80. The van der Waals surface area contributed by atoms with Crippen molar-refractivity contribution in [1.29, 1.82) is 0 Å². The highest BCUT2D eigenvalue weighted by Crippen LogP contribution is 2.41. The second-order valence-electron chi connectivity index (χ2n) is 8.16. The van der Waals surface area contributed by atoms with Gasteiger partial charge in [0, 0.05) is 10.8 Å². The summed E-state index contributed by atoms with van der Waals surface area (Å²) in [7, 11) is -4.15. The number of aliphatic carboxylic acids is 1. The van der Waals surface area contributed by atoms with E-state index >= 15 is 0 Å². The van der Waals surface area contributed by atoms with Crippen LogP contribution in [0.4, 0.5) is 10.1 Å². The summed E-state index contributed by atoms with van der Waals surface area (Å²) >= 11 is 0.885. The molecule has 1 fully saturated rings. The van der Waals surface area contributed by atoms with Crippen LogP contribution in [0.5, 0.6) is 5.75 Å². The molecule has 0 bridgehead atoms. The summed E-state index contributed by atoms with van der Waals surface area (Å²) in [4.78, 5) is 11.1. The van der Waals surface area contributed by atoms with Crippen LogP contribution in [0.1, 0.15) is 43.6 Å². The molecule has 9 heteroatoms. The maximum absolute atomic E-state index is 14.4. The molecule has 1 aliphatic rings. The molecular weight excluding hydrogens is 465 g/mol. The monoisotopic (exact) mass is 489 g/mol. The molecule has 174 valence electrons. The number of hydrogen-bond acceptors (Lipinski definition) is 5. The molecular formula is C24H24FNO5S2. The van der Waals surface area contributed by atoms with Gasteiger partial charge in [0.1, 0.15) is 11.6 Å². The predicted octanol–water partition coefficient (Wildman–Crippen LogP) is 5.71. The Morgan fingerprint density at radius 1 is 1.06 bits per heavy atom. The molecule has 0 radical (unpaired) electrons. The van der Waals surface area contributed by atoms with Gasteiger partial charge in [-0.25, -0.2) is 12.8 Å². The zero-order valence-electron chi connectivity index (χ0n) is 17.8. The van der Waals surface area contributed by atoms with Gasteiger partial charge in [-0.15, -0.1) is 11.8 Å². The molecule has 1 saturated carbocycles. The van der Waals surface area contributed by atoms with E-state index in [-0.39, 0.29) is 32.9 Å². The average molecular weight is 490 g/mol. The number of carboxylic acids is 1. The lowest BCUT2D eigenvalue weighted by Gasteiger charge is -2.22. The maximum atomic E-state index is 14.4. The second kappa shape index (κ2) is 9.61. The fourth-order valence-electron chi connectivity index (χ4n) is 4.28. The van der Waals surface area contributed by atoms with E-state index in [2.05, 4.69) is 4.72 Å². The van der Waals surface area contributed by atoms with Crippen LogP contribution >= 0.6 is 11.8 Å². The predicted molar refractivity (Wildman–Crippen MR) is 127 cm³/mol. The van der Waals surface area contributed by atoms with Gasteiger partial charge in [-0.2, -0.15) is 0 Å². The molecule has 0 spiro atoms. The highest BCUT2D eigenvalue weighted by molar-refractivity contribution is 8.00. The lowest BCUT2D eigenvalue weighted by atomic mass is 9.84. The van der Waals surface area contributed by atoms with Crippen LogP contribution in [-0.2, 0) is 14.8 Å². The Hall–Kier alpha value is -2.78. The van der Waals surface area contributed by atoms with E-state index in [1.54, 1.807) is 24.3 Å². The van der Waals surface area contributed by atoms with E-state index in [4.69, 9.17) is 5.11 Å². The first-order chi connectivity index (χ1) is 15.7. The second-order valence-corrected chi connectivity index (χ2v) is 10.9. The van der Waals surface area contributed by atoms with Crippen molar-refractivity contribution in [1.82, 2.24) is 0 Å². The molecule has 0 atom stereocenters. The largest absolute Gasteiger partial charge is 0.506 e. The van der Waals surface area contributed by atoms with E-state index in [1.165, 1.54) is 18.2 Å². The van der Waals surface area contributed by atoms with Gasteiger partial charge in [-0.3, -0.25) is 9.52 Å². The Balaban J connectivity index is 1.73. The van der Waals surface area contributed by atoms with Crippen molar-refractivity contribution >= 4 is 44.2 Å². The zero-order chi connectivity index (χ0) is 23.6. The number of hydrogen-bond donors (Lipinski definition) is 3. The van der Waals surface area contributed by atoms with Gasteiger partial charge in [0.2, 0.25) is 0 Å². The molecule has 3 aromatic rings. The van der Waals surface area contributed by atoms with Crippen molar-refractivity contribution in [3.05, 3.63) is 59.9 Å². The first-order valence-electron chi connectivity index (χ1n) is 10.7. The summed E-state index contributed by atoms with van der Waals surface area (Å²) in [5, 5.41) is 20.4.